The van der Waals surface area contributed by atoms with E-state index in [1.165, 1.54) is 36.6 Å². The zero-order chi connectivity index (χ0) is 15.0. The summed E-state index contributed by atoms with van der Waals surface area (Å²) in [5.74, 6) is 0. The van der Waals surface area contributed by atoms with E-state index in [1.807, 2.05) is 37.4 Å². The molecule has 0 bridgehead atoms. The molecule has 1 rings (SSSR count). The number of benzene rings is 1. The maximum absolute atomic E-state index is 11.9. The first-order chi connectivity index (χ1) is 9.56. The van der Waals surface area contributed by atoms with Crippen LogP contribution in [0.1, 0.15) is 56.6 Å². The zero-order valence-electron chi connectivity index (χ0n) is 12.7. The molecule has 0 aliphatic carbocycles. The lowest BCUT2D eigenvalue weighted by molar-refractivity contribution is 0.518. The summed E-state index contributed by atoms with van der Waals surface area (Å²) in [5, 5.41) is 0. The van der Waals surface area contributed by atoms with Gasteiger partial charge in [-0.05, 0) is 25.2 Å². The van der Waals surface area contributed by atoms with E-state index in [1.54, 1.807) is 0 Å². The summed E-state index contributed by atoms with van der Waals surface area (Å²) >= 11 is -0.366. The lowest BCUT2D eigenvalue weighted by Gasteiger charge is -2.29. The molecule has 0 spiro atoms. The number of unbranched alkanes of at least 4 members (excludes halogenated alkanes) is 4. The average molecular weight is 315 g/mol. The molecule has 2 nitrogen and oxygen atoms in total. The molecule has 0 amide bonds. The smallest absolute Gasteiger partial charge is 0.174 e. The van der Waals surface area contributed by atoms with Crippen LogP contribution in [-0.4, -0.2) is 15.0 Å². The van der Waals surface area contributed by atoms with Gasteiger partial charge >= 0.3 is 0 Å². The van der Waals surface area contributed by atoms with E-state index in [0.29, 0.717) is 0 Å². The van der Waals surface area contributed by atoms with Crippen molar-refractivity contribution in [3.05, 3.63) is 35.4 Å². The van der Waals surface area contributed by atoms with Crippen molar-refractivity contribution in [2.45, 2.75) is 56.5 Å². The van der Waals surface area contributed by atoms with Gasteiger partial charge in [0, 0.05) is 0 Å². The molecule has 0 aromatic heterocycles. The molecule has 0 aliphatic rings. The van der Waals surface area contributed by atoms with E-state index in [4.69, 9.17) is 0 Å². The predicted molar refractivity (Wildman–Crippen MR) is 90.5 cm³/mol. The molecule has 0 heterocycles. The van der Waals surface area contributed by atoms with Crippen molar-refractivity contribution in [1.82, 2.24) is 0 Å². The summed E-state index contributed by atoms with van der Waals surface area (Å²) < 4.78 is 21.1. The number of aryl methyl sites for hydroxylation is 1. The first-order valence-electron chi connectivity index (χ1n) is 7.30. The van der Waals surface area contributed by atoms with E-state index in [2.05, 4.69) is 6.92 Å². The third-order valence-corrected chi connectivity index (χ3v) is 6.74. The fraction of sp³-hybridized carbons (Fsp3) is 0.625. The van der Waals surface area contributed by atoms with Crippen LogP contribution < -0.4 is 0 Å². The van der Waals surface area contributed by atoms with Crippen LogP contribution in [0.25, 0.3) is 0 Å². The van der Waals surface area contributed by atoms with Gasteiger partial charge in [-0.15, -0.1) is 11.8 Å². The standard InChI is InChI=1S/C16H26O2S2/c1-4-5-6-7-8-13-16(19-3,20(17)18)15-11-9-14(2)10-12-15/h9-12H,4-8,13H2,1-3H3,(H,17,18). The molecular formula is C16H26O2S2. The van der Waals surface area contributed by atoms with Gasteiger partial charge in [0.05, 0.1) is 0 Å². The third kappa shape index (κ3) is 4.61. The van der Waals surface area contributed by atoms with Crippen molar-refractivity contribution >= 4 is 22.8 Å². The molecule has 1 N–H and O–H groups in total. The Bertz CT molecular complexity index is 417. The number of hydrogen-bond acceptors (Lipinski definition) is 2. The van der Waals surface area contributed by atoms with Gasteiger partial charge in [0.15, 0.2) is 11.1 Å². The van der Waals surface area contributed by atoms with Crippen LogP contribution in [0.5, 0.6) is 0 Å². The molecule has 0 aliphatic heterocycles. The molecule has 2 atom stereocenters. The van der Waals surface area contributed by atoms with Crippen LogP contribution in [-0.2, 0) is 15.2 Å². The number of hydrogen-bond donors (Lipinski definition) is 1. The molecule has 20 heavy (non-hydrogen) atoms. The SMILES string of the molecule is CCCCCCCC(SC)(c1ccc(C)cc1)S(=O)O. The Labute approximate surface area is 130 Å². The van der Waals surface area contributed by atoms with Crippen LogP contribution >= 0.6 is 11.8 Å². The Kier molecular flexibility index (Phi) is 7.85. The highest BCUT2D eigenvalue weighted by molar-refractivity contribution is 8.09. The van der Waals surface area contributed by atoms with E-state index in [-0.39, 0.29) is 0 Å². The molecule has 1 aromatic rings. The summed E-state index contributed by atoms with van der Waals surface area (Å²) in [4.78, 5) is 0. The summed E-state index contributed by atoms with van der Waals surface area (Å²) in [5.41, 5.74) is 2.14. The predicted octanol–water partition coefficient (Wildman–Crippen LogP) is 5.09. The highest BCUT2D eigenvalue weighted by atomic mass is 32.2. The number of rotatable bonds is 9. The molecular weight excluding hydrogens is 288 g/mol. The van der Waals surface area contributed by atoms with Gasteiger partial charge in [0.25, 0.3) is 0 Å². The van der Waals surface area contributed by atoms with Crippen LogP contribution in [0.3, 0.4) is 0 Å². The zero-order valence-corrected chi connectivity index (χ0v) is 14.4. The number of thioether (sulfide) groups is 1. The maximum atomic E-state index is 11.9. The molecule has 0 fully saturated rings. The molecule has 2 unspecified atom stereocenters. The monoisotopic (exact) mass is 314 g/mol. The molecule has 0 saturated heterocycles. The van der Waals surface area contributed by atoms with Gasteiger partial charge < -0.3 is 4.55 Å². The van der Waals surface area contributed by atoms with Crippen LogP contribution in [0.15, 0.2) is 24.3 Å². The van der Waals surface area contributed by atoms with Gasteiger partial charge in [-0.1, -0.05) is 68.9 Å². The van der Waals surface area contributed by atoms with E-state index < -0.39 is 15.2 Å². The Morgan fingerprint density at radius 3 is 2.25 bits per heavy atom. The van der Waals surface area contributed by atoms with E-state index in [9.17, 15) is 8.76 Å². The first kappa shape index (κ1) is 17.7. The fourth-order valence-electron chi connectivity index (χ4n) is 2.39. The highest BCUT2D eigenvalue weighted by Gasteiger charge is 2.37. The quantitative estimate of drug-likeness (QED) is 0.509. The van der Waals surface area contributed by atoms with Gasteiger partial charge in [0.2, 0.25) is 0 Å². The second-order valence-corrected chi connectivity index (χ2v) is 7.80. The summed E-state index contributed by atoms with van der Waals surface area (Å²) in [6, 6.07) is 8.02. The van der Waals surface area contributed by atoms with Crippen molar-refractivity contribution in [1.29, 1.82) is 0 Å². The summed E-state index contributed by atoms with van der Waals surface area (Å²) in [6.07, 6.45) is 8.51. The molecule has 0 radical (unpaired) electrons. The van der Waals surface area contributed by atoms with Crippen LogP contribution in [0, 0.1) is 6.92 Å². The molecule has 114 valence electrons. The van der Waals surface area contributed by atoms with Crippen LogP contribution in [0.4, 0.5) is 0 Å². The minimum atomic E-state index is -1.86. The lowest BCUT2D eigenvalue weighted by Crippen LogP contribution is -2.27. The summed E-state index contributed by atoms with van der Waals surface area (Å²) in [6.45, 7) is 4.23. The third-order valence-electron chi connectivity index (χ3n) is 3.71. The fourth-order valence-corrected chi connectivity index (χ4v) is 4.34. The Morgan fingerprint density at radius 1 is 1.15 bits per heavy atom. The van der Waals surface area contributed by atoms with Crippen LogP contribution in [0.2, 0.25) is 0 Å². The van der Waals surface area contributed by atoms with Gasteiger partial charge in [-0.25, -0.2) is 4.21 Å². The van der Waals surface area contributed by atoms with Gasteiger partial charge in [0.1, 0.15) is 4.08 Å². The minimum absolute atomic E-state index is 0.681. The largest absolute Gasteiger partial charge is 0.305 e. The Hall–Kier alpha value is -0.320. The van der Waals surface area contributed by atoms with Gasteiger partial charge in [-0.2, -0.15) is 0 Å². The molecule has 0 saturated carbocycles. The molecule has 1 aromatic carbocycles. The Balaban J connectivity index is 2.81. The highest BCUT2D eigenvalue weighted by Crippen LogP contribution is 2.42. The Morgan fingerprint density at radius 2 is 1.75 bits per heavy atom. The van der Waals surface area contributed by atoms with Gasteiger partial charge in [-0.3, -0.25) is 0 Å². The first-order valence-corrected chi connectivity index (χ1v) is 9.63. The van der Waals surface area contributed by atoms with Crippen molar-refractivity contribution in [3.8, 4) is 0 Å². The van der Waals surface area contributed by atoms with Crippen molar-refractivity contribution in [2.75, 3.05) is 6.26 Å². The van der Waals surface area contributed by atoms with Crippen molar-refractivity contribution < 1.29 is 8.76 Å². The van der Waals surface area contributed by atoms with Crippen molar-refractivity contribution in [3.63, 3.8) is 0 Å². The van der Waals surface area contributed by atoms with E-state index >= 15 is 0 Å². The van der Waals surface area contributed by atoms with Crippen molar-refractivity contribution in [2.24, 2.45) is 0 Å². The summed E-state index contributed by atoms with van der Waals surface area (Å²) in [7, 11) is 0. The average Bonchev–Trinajstić information content (AvgIpc) is 2.44. The normalized spacial score (nSPS) is 15.8. The second-order valence-electron chi connectivity index (χ2n) is 5.24. The van der Waals surface area contributed by atoms with E-state index in [0.717, 1.165) is 24.8 Å². The minimum Gasteiger partial charge on any atom is -0.305 e. The lowest BCUT2D eigenvalue weighted by atomic mass is 10.0. The second kappa shape index (κ2) is 8.85. The molecule has 4 heteroatoms. The maximum Gasteiger partial charge on any atom is 0.174 e. The topological polar surface area (TPSA) is 37.3 Å².